The van der Waals surface area contributed by atoms with E-state index in [1.807, 2.05) is 0 Å². The highest BCUT2D eigenvalue weighted by Crippen LogP contribution is 2.56. The molecule has 0 heterocycles. The number of fused-ring (bicyclic) bond motifs is 4. The van der Waals surface area contributed by atoms with Crippen molar-refractivity contribution in [3.63, 3.8) is 0 Å². The number of aliphatic hydroxyl groups is 4. The molecule has 92 heavy (non-hydrogen) atoms. The van der Waals surface area contributed by atoms with Crippen molar-refractivity contribution in [2.45, 2.75) is 209 Å². The normalized spacial score (nSPS) is 20.5. The van der Waals surface area contributed by atoms with Crippen molar-refractivity contribution in [2.75, 3.05) is 20.8 Å². The molecule has 0 aromatic carbocycles. The molecule has 0 aromatic heterocycles. The Labute approximate surface area is 511 Å². The summed E-state index contributed by atoms with van der Waals surface area (Å²) in [6.45, 7) is 19.3. The summed E-state index contributed by atoms with van der Waals surface area (Å²) < 4.78 is 315. The van der Waals surface area contributed by atoms with Crippen LogP contribution < -0.4 is 0 Å². The van der Waals surface area contributed by atoms with Gasteiger partial charge in [0.05, 0.1) is 20.8 Å². The largest absolute Gasteiger partial charge is 0.466 e. The molecule has 538 valence electrons. The zero-order valence-electron chi connectivity index (χ0n) is 50.2. The van der Waals surface area contributed by atoms with Crippen LogP contribution in [0.1, 0.15) is 131 Å². The first-order chi connectivity index (χ1) is 40.9. The molecule has 4 aliphatic carbocycles. The van der Waals surface area contributed by atoms with Crippen molar-refractivity contribution in [3.8, 4) is 0 Å². The van der Waals surface area contributed by atoms with Crippen LogP contribution in [0.2, 0.25) is 0 Å². The standard InChI is InChI=1S/C13H16F6O2.C11H14F6O3.C11H14F6O.C10H12F6O3.2C5H8O2/c14-12(15,16)11(21,13(17,18)19)4-3-10(20)9-6-7-1-2-8(9)5-7;1-7(2)8(18)20-6-4-3-5-9(19,10(12,13)14)11(15,16)17;12-10(13,14)9(18,11(15,16)17)5-8-4-6-1-2-7(8)3-6;1-5(2)7(17)19-6(3)4-8(18,9(11,12)13)10(14,15)16;2*1-4(2)5(6)7-3/h7-9,21H,1-6H2;19H,1,3-6H2,2H3;6-8,18H,1-5H2;6,18H,1,4H2,2-3H3;2*1H2,2-3H3. The van der Waals surface area contributed by atoms with Crippen LogP contribution in [-0.4, -0.2) is 149 Å². The summed E-state index contributed by atoms with van der Waals surface area (Å²) in [7, 11) is 2.66. The van der Waals surface area contributed by atoms with Gasteiger partial charge in [0.2, 0.25) is 0 Å². The number of hydrogen-bond acceptors (Lipinski definition) is 13. The molecule has 0 aliphatic heterocycles. The maximum atomic E-state index is 12.5. The highest BCUT2D eigenvalue weighted by molar-refractivity contribution is 5.88. The predicted octanol–water partition coefficient (Wildman–Crippen LogP) is 14.6. The summed E-state index contributed by atoms with van der Waals surface area (Å²) in [4.78, 5) is 54.1. The molecule has 4 bridgehead atoms. The van der Waals surface area contributed by atoms with Crippen molar-refractivity contribution >= 4 is 29.7 Å². The molecule has 4 rings (SSSR count). The molecule has 7 unspecified atom stereocenters. The molecule has 0 aromatic rings. The number of ether oxygens (including phenoxy) is 4. The van der Waals surface area contributed by atoms with Gasteiger partial charge < -0.3 is 39.4 Å². The zero-order valence-corrected chi connectivity index (χ0v) is 50.2. The average Bonchev–Trinajstić information content (AvgIpc) is 1.25. The summed E-state index contributed by atoms with van der Waals surface area (Å²) in [6, 6.07) is 0. The van der Waals surface area contributed by atoms with Crippen LogP contribution >= 0.6 is 0 Å². The average molecular weight is 1400 g/mol. The van der Waals surface area contributed by atoms with Gasteiger partial charge in [0, 0.05) is 47.5 Å². The summed E-state index contributed by atoms with van der Waals surface area (Å²) in [5.41, 5.74) is -18.3. The Kier molecular flexibility index (Phi) is 32.7. The van der Waals surface area contributed by atoms with E-state index < -0.39 is 146 Å². The first-order valence-corrected chi connectivity index (χ1v) is 27.0. The van der Waals surface area contributed by atoms with Gasteiger partial charge in [-0.3, -0.25) is 4.79 Å². The molecule has 4 aliphatic rings. The highest BCUT2D eigenvalue weighted by Gasteiger charge is 2.73. The second-order valence-corrected chi connectivity index (χ2v) is 22.4. The van der Waals surface area contributed by atoms with Crippen molar-refractivity contribution in [1.82, 2.24) is 0 Å². The molecule has 4 N–H and O–H groups in total. The lowest BCUT2D eigenvalue weighted by molar-refractivity contribution is -0.374. The van der Waals surface area contributed by atoms with E-state index in [2.05, 4.69) is 45.3 Å². The summed E-state index contributed by atoms with van der Waals surface area (Å²) in [5, 5.41) is 35.8. The number of rotatable bonds is 18. The number of methoxy groups -OCH3 is 2. The van der Waals surface area contributed by atoms with Gasteiger partial charge in [-0.25, -0.2) is 19.2 Å². The fraction of sp³-hybridized carbons (Fsp3) is 0.764. The number of hydrogen-bond donors (Lipinski definition) is 4. The highest BCUT2D eigenvalue weighted by atomic mass is 19.4. The molecule has 0 spiro atoms. The molecule has 4 fully saturated rings. The third-order valence-corrected chi connectivity index (χ3v) is 14.9. The van der Waals surface area contributed by atoms with Gasteiger partial charge in [0.15, 0.2) is 0 Å². The van der Waals surface area contributed by atoms with Crippen LogP contribution in [0, 0.1) is 35.5 Å². The lowest BCUT2D eigenvalue weighted by Gasteiger charge is -2.36. The topological polar surface area (TPSA) is 203 Å². The number of ketones is 1. The Balaban J connectivity index is 0. The summed E-state index contributed by atoms with van der Waals surface area (Å²) >= 11 is 0. The Bertz CT molecular complexity index is 2390. The molecule has 37 heteroatoms. The minimum atomic E-state index is -5.94. The van der Waals surface area contributed by atoms with Gasteiger partial charge >= 0.3 is 73.3 Å². The fourth-order valence-corrected chi connectivity index (χ4v) is 9.67. The number of halogens is 24. The smallest absolute Gasteiger partial charge is 0.426 e. The third kappa shape index (κ3) is 25.1. The molecular formula is C55H72F24O13. The number of unbranched alkanes of at least 4 members (excludes halogenated alkanes) is 1. The molecule has 0 radical (unpaired) electrons. The third-order valence-electron chi connectivity index (χ3n) is 14.9. The minimum Gasteiger partial charge on any atom is -0.466 e. The molecule has 0 saturated heterocycles. The van der Waals surface area contributed by atoms with E-state index in [0.717, 1.165) is 32.6 Å². The first kappa shape index (κ1) is 88.7. The van der Waals surface area contributed by atoms with Crippen LogP contribution in [0.15, 0.2) is 48.6 Å². The van der Waals surface area contributed by atoms with Crippen LogP contribution in [0.5, 0.6) is 0 Å². The van der Waals surface area contributed by atoms with Crippen LogP contribution in [0.25, 0.3) is 0 Å². The van der Waals surface area contributed by atoms with E-state index in [-0.39, 0.29) is 53.9 Å². The Morgan fingerprint density at radius 3 is 1.04 bits per heavy atom. The lowest BCUT2D eigenvalue weighted by Crippen LogP contribution is -2.58. The quantitative estimate of drug-likeness (QED) is 0.0332. The van der Waals surface area contributed by atoms with Crippen molar-refractivity contribution in [2.24, 2.45) is 35.5 Å². The minimum absolute atomic E-state index is 0.0621. The second-order valence-electron chi connectivity index (χ2n) is 22.4. The summed E-state index contributed by atoms with van der Waals surface area (Å²) in [6.07, 6.45) is -50.6. The van der Waals surface area contributed by atoms with E-state index in [9.17, 15) is 129 Å². The number of alkyl halides is 24. The number of carbonyl (C=O) groups excluding carboxylic acids is 5. The first-order valence-electron chi connectivity index (χ1n) is 27.0. The Morgan fingerprint density at radius 2 is 0.772 bits per heavy atom. The van der Waals surface area contributed by atoms with Gasteiger partial charge in [-0.1, -0.05) is 39.2 Å². The zero-order chi connectivity index (χ0) is 73.4. The molecule has 0 amide bonds. The van der Waals surface area contributed by atoms with Crippen LogP contribution in [0.3, 0.4) is 0 Å². The molecular weight excluding hydrogens is 1320 g/mol. The molecule has 4 saturated carbocycles. The van der Waals surface area contributed by atoms with E-state index in [1.54, 1.807) is 13.8 Å². The fourth-order valence-electron chi connectivity index (χ4n) is 9.67. The van der Waals surface area contributed by atoms with Crippen molar-refractivity contribution in [3.05, 3.63) is 48.6 Å². The van der Waals surface area contributed by atoms with E-state index in [0.29, 0.717) is 42.7 Å². The van der Waals surface area contributed by atoms with E-state index >= 15 is 0 Å². The van der Waals surface area contributed by atoms with Crippen molar-refractivity contribution < 1.29 is 169 Å². The van der Waals surface area contributed by atoms with Gasteiger partial charge in [0.1, 0.15) is 11.9 Å². The van der Waals surface area contributed by atoms with E-state index in [4.69, 9.17) is 20.4 Å². The maximum Gasteiger partial charge on any atom is 0.426 e. The Morgan fingerprint density at radius 1 is 0.435 bits per heavy atom. The summed E-state index contributed by atoms with van der Waals surface area (Å²) in [5.74, 6) is -3.70. The molecule has 7 atom stereocenters. The van der Waals surface area contributed by atoms with Gasteiger partial charge in [-0.05, 0) is 128 Å². The Hall–Kier alpha value is -5.33. The number of carbonyl (C=O) groups is 5. The van der Waals surface area contributed by atoms with Gasteiger partial charge in [0.25, 0.3) is 22.4 Å². The number of esters is 4. The van der Waals surface area contributed by atoms with Gasteiger partial charge in [-0.15, -0.1) is 0 Å². The van der Waals surface area contributed by atoms with Crippen LogP contribution in [-0.2, 0) is 42.9 Å². The number of Topliss-reactive ketones (excluding diaryl/α,β-unsaturated/α-hetero) is 1. The maximum absolute atomic E-state index is 12.5. The molecule has 13 nitrogen and oxygen atoms in total. The second kappa shape index (κ2) is 33.9. The SMILES string of the molecule is C=C(C)C(=O)OC.C=C(C)C(=O)OC.C=C(C)C(=O)OC(C)CC(O)(C(F)(F)F)C(F)(F)F.C=C(C)C(=O)OCCCCC(O)(C(F)(F)F)C(F)(F)F.O=C(CCC(O)(C(F)(F)F)C(F)(F)F)C1CC2CCC1C2.OC(CC1CC2CCC1C2)(C(F)(F)F)C(F)(F)F. The monoisotopic (exact) mass is 1400 g/mol. The predicted molar refractivity (Wildman–Crippen MR) is 273 cm³/mol. The van der Waals surface area contributed by atoms with Crippen LogP contribution in [0.4, 0.5) is 105 Å². The van der Waals surface area contributed by atoms with E-state index in [1.165, 1.54) is 28.1 Å². The van der Waals surface area contributed by atoms with Crippen molar-refractivity contribution in [1.29, 1.82) is 0 Å². The van der Waals surface area contributed by atoms with Gasteiger partial charge in [-0.2, -0.15) is 105 Å². The lowest BCUT2D eigenvalue weighted by atomic mass is 9.79.